The van der Waals surface area contributed by atoms with E-state index in [-0.39, 0.29) is 11.3 Å². The van der Waals surface area contributed by atoms with Crippen LogP contribution >= 0.6 is 0 Å². The van der Waals surface area contributed by atoms with Gasteiger partial charge in [-0.25, -0.2) is 0 Å². The van der Waals surface area contributed by atoms with Crippen molar-refractivity contribution < 1.29 is 4.79 Å². The minimum Gasteiger partial charge on any atom is -0.314 e. The molecule has 0 radical (unpaired) electrons. The molecule has 1 aliphatic rings. The van der Waals surface area contributed by atoms with E-state index in [2.05, 4.69) is 39.0 Å². The molecule has 1 heterocycles. The third kappa shape index (κ3) is 1.84. The number of unbranched alkanes of at least 4 members (excludes halogenated alkanes) is 1. The van der Waals surface area contributed by atoms with Crippen molar-refractivity contribution in [3.8, 4) is 0 Å². The SMILES string of the molecule is CCCCc1ccc2c(c1)[C@@](C)(CC)C(=O)N2C. The van der Waals surface area contributed by atoms with Gasteiger partial charge in [0.2, 0.25) is 5.91 Å². The highest BCUT2D eigenvalue weighted by Crippen LogP contribution is 2.43. The number of nitrogens with zero attached hydrogens (tertiary/aromatic N) is 1. The Kier molecular flexibility index (Phi) is 3.47. The molecular weight excluding hydrogens is 222 g/mol. The molecular formula is C16H23NO. The highest BCUT2D eigenvalue weighted by Gasteiger charge is 2.44. The van der Waals surface area contributed by atoms with Crippen molar-refractivity contribution in [2.45, 2.75) is 51.9 Å². The second-order valence-electron chi connectivity index (χ2n) is 5.50. The minimum atomic E-state index is -0.327. The number of hydrogen-bond donors (Lipinski definition) is 0. The van der Waals surface area contributed by atoms with E-state index in [0.29, 0.717) is 0 Å². The number of benzene rings is 1. The van der Waals surface area contributed by atoms with Crippen LogP contribution < -0.4 is 4.90 Å². The fourth-order valence-electron chi connectivity index (χ4n) is 2.79. The number of fused-ring (bicyclic) bond motifs is 1. The van der Waals surface area contributed by atoms with E-state index in [0.717, 1.165) is 18.5 Å². The number of aryl methyl sites for hydroxylation is 1. The predicted octanol–water partition coefficient (Wildman–Crippen LogP) is 3.67. The average Bonchev–Trinajstić information content (AvgIpc) is 2.59. The first-order valence-corrected chi connectivity index (χ1v) is 6.96. The predicted molar refractivity (Wildman–Crippen MR) is 76.1 cm³/mol. The number of amides is 1. The minimum absolute atomic E-state index is 0.229. The first-order valence-electron chi connectivity index (χ1n) is 6.96. The molecule has 0 saturated carbocycles. The molecule has 1 aliphatic heterocycles. The van der Waals surface area contributed by atoms with Crippen LogP contribution in [-0.4, -0.2) is 13.0 Å². The molecule has 0 N–H and O–H groups in total. The lowest BCUT2D eigenvalue weighted by Crippen LogP contribution is -2.35. The van der Waals surface area contributed by atoms with Crippen molar-refractivity contribution in [3.05, 3.63) is 29.3 Å². The summed E-state index contributed by atoms with van der Waals surface area (Å²) in [5.74, 6) is 0.229. The standard InChI is InChI=1S/C16H23NO/c1-5-7-8-12-9-10-14-13(11-12)16(3,6-2)15(18)17(14)4/h9-11H,5-8H2,1-4H3/t16-/m1/s1. The van der Waals surface area contributed by atoms with Crippen LogP contribution in [0.15, 0.2) is 18.2 Å². The lowest BCUT2D eigenvalue weighted by molar-refractivity contribution is -0.122. The Morgan fingerprint density at radius 2 is 2.00 bits per heavy atom. The molecule has 1 atom stereocenters. The topological polar surface area (TPSA) is 20.3 Å². The molecule has 0 fully saturated rings. The molecule has 0 aromatic heterocycles. The third-order valence-corrected chi connectivity index (χ3v) is 4.32. The first-order chi connectivity index (χ1) is 8.54. The Labute approximate surface area is 110 Å². The first kappa shape index (κ1) is 13.1. The van der Waals surface area contributed by atoms with Crippen LogP contribution in [0.1, 0.15) is 51.2 Å². The summed E-state index contributed by atoms with van der Waals surface area (Å²) in [6.07, 6.45) is 4.40. The van der Waals surface area contributed by atoms with Gasteiger partial charge >= 0.3 is 0 Å². The number of likely N-dealkylation sites (N-methyl/N-ethyl adjacent to an activating group) is 1. The Balaban J connectivity index is 2.43. The third-order valence-electron chi connectivity index (χ3n) is 4.32. The van der Waals surface area contributed by atoms with Crippen LogP contribution in [0.25, 0.3) is 0 Å². The molecule has 0 saturated heterocycles. The highest BCUT2D eigenvalue weighted by molar-refractivity contribution is 6.07. The normalized spacial score (nSPS) is 22.4. The number of carbonyl (C=O) groups is 1. The van der Waals surface area contributed by atoms with Crippen molar-refractivity contribution in [2.24, 2.45) is 0 Å². The maximum atomic E-state index is 12.4. The van der Waals surface area contributed by atoms with E-state index >= 15 is 0 Å². The van der Waals surface area contributed by atoms with E-state index in [1.54, 1.807) is 0 Å². The van der Waals surface area contributed by atoms with Crippen LogP contribution in [0.4, 0.5) is 5.69 Å². The quantitative estimate of drug-likeness (QED) is 0.792. The van der Waals surface area contributed by atoms with Crippen molar-refractivity contribution in [1.29, 1.82) is 0 Å². The maximum absolute atomic E-state index is 12.4. The van der Waals surface area contributed by atoms with Crippen LogP contribution in [0.5, 0.6) is 0 Å². The van der Waals surface area contributed by atoms with E-state index in [4.69, 9.17) is 0 Å². The zero-order chi connectivity index (χ0) is 13.3. The van der Waals surface area contributed by atoms with Gasteiger partial charge in [-0.05, 0) is 43.4 Å². The molecule has 0 bridgehead atoms. The molecule has 2 heteroatoms. The van der Waals surface area contributed by atoms with Gasteiger partial charge < -0.3 is 4.90 Å². The monoisotopic (exact) mass is 245 g/mol. The molecule has 0 unspecified atom stereocenters. The Bertz CT molecular complexity index is 466. The zero-order valence-electron chi connectivity index (χ0n) is 11.9. The van der Waals surface area contributed by atoms with Crippen LogP contribution in [0.2, 0.25) is 0 Å². The fourth-order valence-corrected chi connectivity index (χ4v) is 2.79. The van der Waals surface area contributed by atoms with Gasteiger partial charge in [0, 0.05) is 12.7 Å². The average molecular weight is 245 g/mol. The van der Waals surface area contributed by atoms with Crippen LogP contribution in [0, 0.1) is 0 Å². The summed E-state index contributed by atoms with van der Waals surface area (Å²) in [7, 11) is 1.88. The lowest BCUT2D eigenvalue weighted by Gasteiger charge is -2.21. The van der Waals surface area contributed by atoms with Crippen LogP contribution in [0.3, 0.4) is 0 Å². The molecule has 1 amide bonds. The van der Waals surface area contributed by atoms with E-state index < -0.39 is 0 Å². The maximum Gasteiger partial charge on any atom is 0.237 e. The molecule has 0 spiro atoms. The highest BCUT2D eigenvalue weighted by atomic mass is 16.2. The van der Waals surface area contributed by atoms with Gasteiger partial charge in [0.05, 0.1) is 5.41 Å². The molecule has 0 aliphatic carbocycles. The van der Waals surface area contributed by atoms with Gasteiger partial charge in [-0.3, -0.25) is 4.79 Å². The van der Waals surface area contributed by atoms with Gasteiger partial charge in [-0.15, -0.1) is 0 Å². The zero-order valence-corrected chi connectivity index (χ0v) is 11.9. The van der Waals surface area contributed by atoms with Gasteiger partial charge in [0.25, 0.3) is 0 Å². The molecule has 2 nitrogen and oxygen atoms in total. The number of anilines is 1. The van der Waals surface area contributed by atoms with Gasteiger partial charge in [0.15, 0.2) is 0 Å². The number of carbonyl (C=O) groups excluding carboxylic acids is 1. The second kappa shape index (κ2) is 4.75. The van der Waals surface area contributed by atoms with Gasteiger partial charge in [-0.2, -0.15) is 0 Å². The summed E-state index contributed by atoms with van der Waals surface area (Å²) in [5.41, 5.74) is 3.33. The summed E-state index contributed by atoms with van der Waals surface area (Å²) < 4.78 is 0. The second-order valence-corrected chi connectivity index (χ2v) is 5.50. The number of rotatable bonds is 4. The van der Waals surface area contributed by atoms with Crippen LogP contribution in [-0.2, 0) is 16.6 Å². The molecule has 1 aromatic carbocycles. The van der Waals surface area contributed by atoms with E-state index in [1.165, 1.54) is 24.0 Å². The molecule has 1 aromatic rings. The van der Waals surface area contributed by atoms with Crippen molar-refractivity contribution in [1.82, 2.24) is 0 Å². The Morgan fingerprint density at radius 1 is 1.28 bits per heavy atom. The summed E-state index contributed by atoms with van der Waals surface area (Å²) in [5, 5.41) is 0. The Hall–Kier alpha value is -1.31. The fraction of sp³-hybridized carbons (Fsp3) is 0.562. The smallest absolute Gasteiger partial charge is 0.237 e. The molecule has 2 rings (SSSR count). The lowest BCUT2D eigenvalue weighted by atomic mass is 9.80. The summed E-state index contributed by atoms with van der Waals surface area (Å²) in [6.45, 7) is 6.38. The van der Waals surface area contributed by atoms with Crippen molar-refractivity contribution in [3.63, 3.8) is 0 Å². The summed E-state index contributed by atoms with van der Waals surface area (Å²) >= 11 is 0. The Morgan fingerprint density at radius 3 is 2.61 bits per heavy atom. The van der Waals surface area contributed by atoms with Crippen molar-refractivity contribution in [2.75, 3.05) is 11.9 Å². The summed E-state index contributed by atoms with van der Waals surface area (Å²) in [4.78, 5) is 14.2. The molecule has 98 valence electrons. The number of hydrogen-bond acceptors (Lipinski definition) is 1. The largest absolute Gasteiger partial charge is 0.314 e. The summed E-state index contributed by atoms with van der Waals surface area (Å²) in [6, 6.07) is 6.52. The van der Waals surface area contributed by atoms with E-state index in [9.17, 15) is 4.79 Å². The molecule has 18 heavy (non-hydrogen) atoms. The van der Waals surface area contributed by atoms with Gasteiger partial charge in [-0.1, -0.05) is 32.4 Å². The van der Waals surface area contributed by atoms with Crippen molar-refractivity contribution >= 4 is 11.6 Å². The van der Waals surface area contributed by atoms with Gasteiger partial charge in [0.1, 0.15) is 0 Å². The van der Waals surface area contributed by atoms with E-state index in [1.807, 2.05) is 11.9 Å².